The number of carbonyl (C=O) groups excluding carboxylic acids is 3. The molecule has 0 radical (unpaired) electrons. The molecule has 2 amide bonds. The van der Waals surface area contributed by atoms with Gasteiger partial charge in [-0.2, -0.15) is 0 Å². The normalized spacial score (nSPS) is 22.7. The number of non-ortho nitro benzene ring substituents is 1. The molecule has 1 aromatic heterocycles. The number of nitrogens with zero attached hydrogens (tertiary/aromatic N) is 3. The number of amides is 2. The van der Waals surface area contributed by atoms with Gasteiger partial charge in [0.15, 0.2) is 0 Å². The molecule has 242 valence electrons. The van der Waals surface area contributed by atoms with Gasteiger partial charge in [0, 0.05) is 36.8 Å². The Morgan fingerprint density at radius 2 is 1.82 bits per heavy atom. The zero-order valence-corrected chi connectivity index (χ0v) is 25.6. The van der Waals surface area contributed by atoms with Gasteiger partial charge in [-0.15, -0.1) is 0 Å². The Morgan fingerprint density at radius 3 is 2.40 bits per heavy atom. The van der Waals surface area contributed by atoms with Crippen molar-refractivity contribution in [2.45, 2.75) is 76.2 Å². The van der Waals surface area contributed by atoms with Crippen LogP contribution in [0.5, 0.6) is 0 Å². The van der Waals surface area contributed by atoms with E-state index in [2.05, 4.69) is 10.3 Å². The first kappa shape index (κ1) is 32.3. The fourth-order valence-electron chi connectivity index (χ4n) is 6.31. The van der Waals surface area contributed by atoms with E-state index in [1.807, 2.05) is 6.07 Å². The maximum absolute atomic E-state index is 13.9. The fourth-order valence-corrected chi connectivity index (χ4v) is 6.31. The van der Waals surface area contributed by atoms with Crippen molar-refractivity contribution in [1.29, 1.82) is 0 Å². The van der Waals surface area contributed by atoms with Crippen molar-refractivity contribution in [3.05, 3.63) is 69.5 Å². The van der Waals surface area contributed by atoms with Crippen molar-refractivity contribution < 1.29 is 38.3 Å². The average Bonchev–Trinajstić information content (AvgIpc) is 3.09. The Balaban J connectivity index is 1.21. The summed E-state index contributed by atoms with van der Waals surface area (Å²) in [6.07, 6.45) is 6.00. The number of likely N-dealkylation sites (tertiary alicyclic amines) is 1. The van der Waals surface area contributed by atoms with Crippen LogP contribution in [0.3, 0.4) is 0 Å². The third-order valence-electron chi connectivity index (χ3n) is 9.26. The highest BCUT2D eigenvalue weighted by atomic mass is 16.6. The lowest BCUT2D eigenvalue weighted by atomic mass is 9.72. The molecule has 3 aliphatic heterocycles. The summed E-state index contributed by atoms with van der Waals surface area (Å²) in [6, 6.07) is 8.24. The van der Waals surface area contributed by atoms with Crippen LogP contribution in [0.4, 0.5) is 10.5 Å². The summed E-state index contributed by atoms with van der Waals surface area (Å²) in [5.41, 5.74) is 1.66. The number of pyridine rings is 1. The Labute approximate surface area is 261 Å². The third kappa shape index (κ3) is 7.95. The Morgan fingerprint density at radius 1 is 1.11 bits per heavy atom. The first-order chi connectivity index (χ1) is 21.7. The molecule has 3 saturated heterocycles. The third-order valence-corrected chi connectivity index (χ3v) is 9.26. The van der Waals surface area contributed by atoms with Gasteiger partial charge >= 0.3 is 12.1 Å². The van der Waals surface area contributed by atoms with Gasteiger partial charge in [0.25, 0.3) is 5.69 Å². The predicted octanol–water partition coefficient (Wildman–Crippen LogP) is 4.14. The number of aromatic nitrogens is 1. The minimum absolute atomic E-state index is 0.0607. The molecule has 1 saturated carbocycles. The summed E-state index contributed by atoms with van der Waals surface area (Å²) in [7, 11) is 1.31. The molecular formula is C32H40N4O9. The number of nitro benzene ring substituents is 1. The summed E-state index contributed by atoms with van der Waals surface area (Å²) >= 11 is 0. The van der Waals surface area contributed by atoms with Crippen LogP contribution >= 0.6 is 0 Å². The molecule has 13 nitrogen and oxygen atoms in total. The van der Waals surface area contributed by atoms with Crippen molar-refractivity contribution in [2.24, 2.45) is 5.41 Å². The second-order valence-electron chi connectivity index (χ2n) is 12.2. The van der Waals surface area contributed by atoms with Gasteiger partial charge in [-0.1, -0.05) is 6.07 Å². The second kappa shape index (κ2) is 14.3. The molecule has 2 bridgehead atoms. The number of carbonyl (C=O) groups is 3. The van der Waals surface area contributed by atoms with E-state index in [-0.39, 0.29) is 35.2 Å². The summed E-state index contributed by atoms with van der Waals surface area (Å²) in [4.78, 5) is 54.9. The number of rotatable bonds is 11. The number of nitrogens with one attached hydrogen (secondary N) is 1. The van der Waals surface area contributed by atoms with Crippen LogP contribution in [0.2, 0.25) is 0 Å². The first-order valence-corrected chi connectivity index (χ1v) is 15.4. The number of fused-ring (bicyclic) bond motifs is 3. The van der Waals surface area contributed by atoms with Gasteiger partial charge in [0.2, 0.25) is 5.91 Å². The number of ether oxygens (including phenoxy) is 4. The molecule has 4 aliphatic rings. The highest BCUT2D eigenvalue weighted by Gasteiger charge is 2.43. The summed E-state index contributed by atoms with van der Waals surface area (Å²) in [6.45, 7) is 3.69. The van der Waals surface area contributed by atoms with Crippen LogP contribution in [0.15, 0.2) is 42.6 Å². The van der Waals surface area contributed by atoms with Crippen LogP contribution in [0.1, 0.15) is 73.0 Å². The highest BCUT2D eigenvalue weighted by molar-refractivity contribution is 5.87. The van der Waals surface area contributed by atoms with Crippen molar-refractivity contribution in [1.82, 2.24) is 15.2 Å². The molecule has 4 fully saturated rings. The van der Waals surface area contributed by atoms with E-state index in [1.165, 1.54) is 31.4 Å². The van der Waals surface area contributed by atoms with E-state index in [9.17, 15) is 24.5 Å². The number of nitro groups is 1. The molecule has 2 aromatic rings. The van der Waals surface area contributed by atoms with Crippen molar-refractivity contribution in [3.63, 3.8) is 0 Å². The molecule has 0 unspecified atom stereocenters. The molecule has 13 heteroatoms. The summed E-state index contributed by atoms with van der Waals surface area (Å²) in [5, 5.41) is 13.7. The highest BCUT2D eigenvalue weighted by Crippen LogP contribution is 2.43. The van der Waals surface area contributed by atoms with E-state index in [0.29, 0.717) is 50.8 Å². The number of benzene rings is 1. The van der Waals surface area contributed by atoms with Gasteiger partial charge in [0.05, 0.1) is 37.5 Å². The first-order valence-electron chi connectivity index (χ1n) is 15.4. The monoisotopic (exact) mass is 624 g/mol. The summed E-state index contributed by atoms with van der Waals surface area (Å²) in [5.74, 6) is -0.583. The standard InChI is InChI=1S/C32H40N4O9/c1-21(44-19-32-13-9-26(10-14-32)45-20-32)28(34-31(39)43-18-22-3-6-25(7-4-22)36(40)41)29(37)35-15-11-23(12-16-35)24-5-8-27(33-17-24)30(38)42-2/h3-8,17,21,23,26,28H,9-16,18-20H2,1-2H3,(H,34,39)/t21-,26?,28+,32?/m1/s1. The van der Waals surface area contributed by atoms with E-state index in [4.69, 9.17) is 18.9 Å². The van der Waals surface area contributed by atoms with Gasteiger partial charge in [-0.05, 0) is 80.7 Å². The van der Waals surface area contributed by atoms with E-state index in [1.54, 1.807) is 24.1 Å². The Bertz CT molecular complexity index is 1340. The molecule has 1 N–H and O–H groups in total. The lowest BCUT2D eigenvalue weighted by Gasteiger charge is -2.46. The SMILES string of the molecule is COC(=O)c1ccc(C2CCN(C(=O)[C@@H](NC(=O)OCc3ccc([N+](=O)[O-])cc3)[C@@H](C)OCC34CCC(CC3)OC4)CC2)cn1. The number of hydrogen-bond donors (Lipinski definition) is 1. The molecule has 6 rings (SSSR count). The van der Waals surface area contributed by atoms with E-state index < -0.39 is 29.1 Å². The van der Waals surface area contributed by atoms with Crippen LogP contribution < -0.4 is 5.32 Å². The molecule has 0 spiro atoms. The van der Waals surface area contributed by atoms with Gasteiger partial charge in [-0.3, -0.25) is 14.9 Å². The number of alkyl carbamates (subject to hydrolysis) is 1. The van der Waals surface area contributed by atoms with Crippen LogP contribution in [0.25, 0.3) is 0 Å². The molecule has 4 heterocycles. The fraction of sp³-hybridized carbons (Fsp3) is 0.562. The Kier molecular flexibility index (Phi) is 10.3. The van der Waals surface area contributed by atoms with Crippen LogP contribution in [-0.4, -0.2) is 84.4 Å². The number of hydrogen-bond acceptors (Lipinski definition) is 10. The second-order valence-corrected chi connectivity index (χ2v) is 12.2. The quantitative estimate of drug-likeness (QED) is 0.219. The minimum Gasteiger partial charge on any atom is -0.464 e. The van der Waals surface area contributed by atoms with E-state index >= 15 is 0 Å². The molecule has 2 atom stereocenters. The molecular weight excluding hydrogens is 584 g/mol. The topological polar surface area (TPSA) is 159 Å². The molecule has 45 heavy (non-hydrogen) atoms. The molecule has 1 aromatic carbocycles. The maximum Gasteiger partial charge on any atom is 0.408 e. The predicted molar refractivity (Wildman–Crippen MR) is 160 cm³/mol. The smallest absolute Gasteiger partial charge is 0.408 e. The number of esters is 1. The van der Waals surface area contributed by atoms with Crippen LogP contribution in [0, 0.1) is 15.5 Å². The number of methoxy groups -OCH3 is 1. The lowest BCUT2D eigenvalue weighted by Crippen LogP contribution is -2.56. The average molecular weight is 625 g/mol. The van der Waals surface area contributed by atoms with Gasteiger partial charge in [0.1, 0.15) is 18.3 Å². The zero-order valence-electron chi connectivity index (χ0n) is 25.6. The largest absolute Gasteiger partial charge is 0.464 e. The van der Waals surface area contributed by atoms with Crippen molar-refractivity contribution in [3.8, 4) is 0 Å². The Hall–Kier alpha value is -4.10. The van der Waals surface area contributed by atoms with Crippen molar-refractivity contribution in [2.75, 3.05) is 33.4 Å². The summed E-state index contributed by atoms with van der Waals surface area (Å²) < 4.78 is 22.3. The maximum atomic E-state index is 13.9. The van der Waals surface area contributed by atoms with E-state index in [0.717, 1.165) is 31.2 Å². The molecule has 1 aliphatic carbocycles. The van der Waals surface area contributed by atoms with Gasteiger partial charge in [-0.25, -0.2) is 14.6 Å². The van der Waals surface area contributed by atoms with Gasteiger partial charge < -0.3 is 29.2 Å². The lowest BCUT2D eigenvalue weighted by molar-refractivity contribution is -0.384. The zero-order chi connectivity index (χ0) is 32.0. The minimum atomic E-state index is -0.982. The number of piperidine rings is 1. The van der Waals surface area contributed by atoms with Crippen molar-refractivity contribution >= 4 is 23.7 Å². The van der Waals surface area contributed by atoms with Crippen LogP contribution in [-0.2, 0) is 30.3 Å².